The predicted molar refractivity (Wildman–Crippen MR) is 96.2 cm³/mol. The minimum atomic E-state index is -0.343. The van der Waals surface area contributed by atoms with Gasteiger partial charge in [-0.05, 0) is 30.2 Å². The third-order valence-electron chi connectivity index (χ3n) is 3.96. The molecule has 0 amide bonds. The van der Waals surface area contributed by atoms with Gasteiger partial charge in [-0.2, -0.15) is 10.1 Å². The maximum Gasteiger partial charge on any atom is 0.265 e. The molecule has 2 N–H and O–H groups in total. The Hall–Kier alpha value is -3.35. The van der Waals surface area contributed by atoms with Crippen molar-refractivity contribution in [3.8, 4) is 0 Å². The summed E-state index contributed by atoms with van der Waals surface area (Å²) in [5.41, 5.74) is 6.59. The fourth-order valence-corrected chi connectivity index (χ4v) is 2.63. The number of H-pyrrole nitrogens is 1. The van der Waals surface area contributed by atoms with Crippen molar-refractivity contribution in [1.29, 1.82) is 0 Å². The lowest BCUT2D eigenvalue weighted by Gasteiger charge is -1.98. The van der Waals surface area contributed by atoms with Crippen LogP contribution in [-0.4, -0.2) is 26.4 Å². The molecular formula is C18H15FN6. The first-order valence-electron chi connectivity index (χ1n) is 7.93. The number of hydrogen-bond donors (Lipinski definition) is 2. The van der Waals surface area contributed by atoms with E-state index in [9.17, 15) is 4.39 Å². The van der Waals surface area contributed by atoms with E-state index >= 15 is 0 Å². The highest BCUT2D eigenvalue weighted by atomic mass is 19.1. The number of nitrogens with zero attached hydrogens (tertiary/aromatic N) is 4. The molecular weight excluding hydrogens is 319 g/mol. The molecule has 4 rings (SSSR count). The van der Waals surface area contributed by atoms with E-state index in [2.05, 4.69) is 49.7 Å². The molecule has 7 heteroatoms. The Bertz CT molecular complexity index is 1090. The van der Waals surface area contributed by atoms with E-state index in [0.717, 1.165) is 17.3 Å². The summed E-state index contributed by atoms with van der Waals surface area (Å²) in [6.07, 6.45) is 2.33. The molecule has 0 fully saturated rings. The van der Waals surface area contributed by atoms with Crippen molar-refractivity contribution in [1.82, 2.24) is 20.2 Å². The highest BCUT2D eigenvalue weighted by molar-refractivity contribution is 6.03. The molecule has 0 atom stereocenters. The first-order valence-corrected chi connectivity index (χ1v) is 7.93. The largest absolute Gasteiger partial charge is 0.338 e. The Labute approximate surface area is 142 Å². The molecule has 0 unspecified atom stereocenters. The zero-order valence-electron chi connectivity index (χ0n) is 13.5. The highest BCUT2D eigenvalue weighted by Gasteiger charge is 2.09. The second-order valence-corrected chi connectivity index (χ2v) is 5.58. The van der Waals surface area contributed by atoms with Gasteiger partial charge < -0.3 is 4.98 Å². The van der Waals surface area contributed by atoms with Crippen molar-refractivity contribution in [3.05, 3.63) is 59.4 Å². The zero-order chi connectivity index (χ0) is 17.2. The first-order chi connectivity index (χ1) is 12.2. The molecule has 4 aromatic rings. The maximum atomic E-state index is 13.5. The highest BCUT2D eigenvalue weighted by Crippen LogP contribution is 2.23. The van der Waals surface area contributed by atoms with Crippen LogP contribution in [0.2, 0.25) is 0 Å². The summed E-state index contributed by atoms with van der Waals surface area (Å²) in [5, 5.41) is 13.2. The summed E-state index contributed by atoms with van der Waals surface area (Å²) in [5.74, 6) is -0.104. The number of aromatic amines is 1. The van der Waals surface area contributed by atoms with Crippen LogP contribution in [0.15, 0.2) is 47.6 Å². The number of halogens is 1. The van der Waals surface area contributed by atoms with E-state index in [1.54, 1.807) is 18.2 Å². The molecule has 2 aromatic heterocycles. The molecule has 0 aliphatic carbocycles. The van der Waals surface area contributed by atoms with Crippen LogP contribution in [0, 0.1) is 5.82 Å². The standard InChI is InChI=1S/C18H15FN6/c1-2-11-7-8-15-13(9-11)16-17(21-15)22-18(25-23-16)24-20-10-12-5-3-4-6-14(12)19/h3-10H,2H2,1H3,(H2,21,22,24,25)/b20-10-. The molecule has 2 heterocycles. The molecule has 0 saturated heterocycles. The average molecular weight is 334 g/mol. The number of aryl methyl sites for hydroxylation is 1. The van der Waals surface area contributed by atoms with E-state index < -0.39 is 0 Å². The average Bonchev–Trinajstić information content (AvgIpc) is 3.00. The third kappa shape index (κ3) is 2.91. The van der Waals surface area contributed by atoms with Crippen molar-refractivity contribution in [2.75, 3.05) is 5.43 Å². The third-order valence-corrected chi connectivity index (χ3v) is 3.96. The van der Waals surface area contributed by atoms with Gasteiger partial charge >= 0.3 is 0 Å². The maximum absolute atomic E-state index is 13.5. The summed E-state index contributed by atoms with van der Waals surface area (Å²) in [7, 11) is 0. The van der Waals surface area contributed by atoms with E-state index in [0.29, 0.717) is 16.7 Å². The van der Waals surface area contributed by atoms with Gasteiger partial charge in [-0.1, -0.05) is 31.2 Å². The SMILES string of the molecule is CCc1ccc2[nH]c3nc(N/N=C\c4ccccc4F)nnc3c2c1. The van der Waals surface area contributed by atoms with Crippen LogP contribution in [0.3, 0.4) is 0 Å². The van der Waals surface area contributed by atoms with Crippen molar-refractivity contribution >= 4 is 34.2 Å². The first kappa shape index (κ1) is 15.2. The van der Waals surface area contributed by atoms with Crippen LogP contribution in [0.4, 0.5) is 10.3 Å². The van der Waals surface area contributed by atoms with Crippen molar-refractivity contribution in [2.45, 2.75) is 13.3 Å². The summed E-state index contributed by atoms with van der Waals surface area (Å²) in [4.78, 5) is 7.60. The van der Waals surface area contributed by atoms with Gasteiger partial charge in [0.25, 0.3) is 5.95 Å². The monoisotopic (exact) mass is 334 g/mol. The quantitative estimate of drug-likeness (QED) is 0.441. The molecule has 0 spiro atoms. The van der Waals surface area contributed by atoms with Crippen LogP contribution < -0.4 is 5.43 Å². The zero-order valence-corrected chi connectivity index (χ0v) is 13.5. The number of aromatic nitrogens is 4. The number of nitrogens with one attached hydrogen (secondary N) is 2. The second kappa shape index (κ2) is 6.27. The van der Waals surface area contributed by atoms with E-state index in [1.807, 2.05) is 6.07 Å². The molecule has 0 saturated carbocycles. The molecule has 0 bridgehead atoms. The minimum absolute atomic E-state index is 0.238. The molecule has 0 aliphatic heterocycles. The van der Waals surface area contributed by atoms with E-state index in [4.69, 9.17) is 0 Å². The van der Waals surface area contributed by atoms with Gasteiger partial charge in [-0.15, -0.1) is 10.2 Å². The van der Waals surface area contributed by atoms with Crippen LogP contribution in [0.5, 0.6) is 0 Å². The predicted octanol–water partition coefficient (Wildman–Crippen LogP) is 3.65. The molecule has 0 radical (unpaired) electrons. The van der Waals surface area contributed by atoms with Crippen LogP contribution >= 0.6 is 0 Å². The van der Waals surface area contributed by atoms with Gasteiger partial charge in [0.1, 0.15) is 11.3 Å². The summed E-state index contributed by atoms with van der Waals surface area (Å²) in [6, 6.07) is 12.6. The van der Waals surface area contributed by atoms with E-state index in [1.165, 1.54) is 17.8 Å². The van der Waals surface area contributed by atoms with Crippen LogP contribution in [0.25, 0.3) is 22.1 Å². The van der Waals surface area contributed by atoms with Crippen molar-refractivity contribution < 1.29 is 4.39 Å². The Kier molecular flexibility index (Phi) is 3.81. The molecule has 0 aliphatic rings. The number of benzene rings is 2. The fraction of sp³-hybridized carbons (Fsp3) is 0.111. The number of fused-ring (bicyclic) bond motifs is 3. The van der Waals surface area contributed by atoms with Gasteiger partial charge in [0, 0.05) is 16.5 Å². The lowest BCUT2D eigenvalue weighted by atomic mass is 10.1. The van der Waals surface area contributed by atoms with Crippen LogP contribution in [0.1, 0.15) is 18.1 Å². The normalized spacial score (nSPS) is 11.6. The molecule has 2 aromatic carbocycles. The number of hydrogen-bond acceptors (Lipinski definition) is 5. The Balaban J connectivity index is 1.63. The lowest BCUT2D eigenvalue weighted by molar-refractivity contribution is 0.626. The van der Waals surface area contributed by atoms with Crippen molar-refractivity contribution in [2.24, 2.45) is 5.10 Å². The number of rotatable bonds is 4. The number of anilines is 1. The van der Waals surface area contributed by atoms with Gasteiger partial charge in [-0.3, -0.25) is 0 Å². The smallest absolute Gasteiger partial charge is 0.265 e. The number of hydrazone groups is 1. The van der Waals surface area contributed by atoms with Gasteiger partial charge in [0.15, 0.2) is 5.65 Å². The van der Waals surface area contributed by atoms with Gasteiger partial charge in [-0.25, -0.2) is 9.82 Å². The minimum Gasteiger partial charge on any atom is -0.338 e. The van der Waals surface area contributed by atoms with Crippen LogP contribution in [-0.2, 0) is 6.42 Å². The van der Waals surface area contributed by atoms with Gasteiger partial charge in [0.2, 0.25) is 0 Å². The Morgan fingerprint density at radius 3 is 2.92 bits per heavy atom. The van der Waals surface area contributed by atoms with Crippen molar-refractivity contribution in [3.63, 3.8) is 0 Å². The van der Waals surface area contributed by atoms with Gasteiger partial charge in [0.05, 0.1) is 6.21 Å². The summed E-state index contributed by atoms with van der Waals surface area (Å²) >= 11 is 0. The molecule has 124 valence electrons. The Morgan fingerprint density at radius 2 is 2.08 bits per heavy atom. The summed E-state index contributed by atoms with van der Waals surface area (Å²) < 4.78 is 13.5. The molecule has 25 heavy (non-hydrogen) atoms. The second-order valence-electron chi connectivity index (χ2n) is 5.58. The lowest BCUT2D eigenvalue weighted by Crippen LogP contribution is -1.99. The fourth-order valence-electron chi connectivity index (χ4n) is 2.63. The Morgan fingerprint density at radius 1 is 1.20 bits per heavy atom. The summed E-state index contributed by atoms with van der Waals surface area (Å²) in [6.45, 7) is 2.11. The topological polar surface area (TPSA) is 78.9 Å². The van der Waals surface area contributed by atoms with E-state index in [-0.39, 0.29) is 11.8 Å². The molecule has 6 nitrogen and oxygen atoms in total.